The van der Waals surface area contributed by atoms with Gasteiger partial charge in [-0.1, -0.05) is 12.1 Å². The summed E-state index contributed by atoms with van der Waals surface area (Å²) in [6.07, 6.45) is -0.317. The van der Waals surface area contributed by atoms with Gasteiger partial charge in [0.15, 0.2) is 0 Å². The van der Waals surface area contributed by atoms with E-state index in [9.17, 15) is 10.1 Å². The maximum Gasteiger partial charge on any atom is 0.269 e. The Hall–Kier alpha value is -2.87. The van der Waals surface area contributed by atoms with Gasteiger partial charge in [-0.3, -0.25) is 10.1 Å². The maximum atomic E-state index is 10.7. The van der Waals surface area contributed by atoms with E-state index in [-0.39, 0.29) is 11.8 Å². The summed E-state index contributed by atoms with van der Waals surface area (Å²) in [6, 6.07) is 15.1. The molecule has 0 fully saturated rings. The summed E-state index contributed by atoms with van der Waals surface area (Å²) in [7, 11) is 0. The second kappa shape index (κ2) is 5.85. The van der Waals surface area contributed by atoms with Crippen molar-refractivity contribution in [2.45, 2.75) is 13.0 Å². The average molecular weight is 268 g/mol. The summed E-state index contributed by atoms with van der Waals surface area (Å²) in [5.41, 5.74) is 1.32. The smallest absolute Gasteiger partial charge is 0.269 e. The molecule has 0 radical (unpaired) electrons. The van der Waals surface area contributed by atoms with E-state index in [1.54, 1.807) is 36.4 Å². The molecule has 0 saturated carbocycles. The van der Waals surface area contributed by atoms with E-state index in [0.29, 0.717) is 11.3 Å². The van der Waals surface area contributed by atoms with Crippen molar-refractivity contribution in [3.05, 3.63) is 69.8 Å². The standard InChI is InChI=1S/C15H12N2O3/c1-11(13-3-2-4-14(9-13)17(18)19)20-15-7-5-12(10-16)6-8-15/h2-9,11H,1H3. The van der Waals surface area contributed by atoms with Crippen LogP contribution in [0.15, 0.2) is 48.5 Å². The van der Waals surface area contributed by atoms with Gasteiger partial charge in [-0.2, -0.15) is 5.26 Å². The Morgan fingerprint density at radius 1 is 1.25 bits per heavy atom. The molecule has 0 heterocycles. The molecule has 0 aromatic heterocycles. The summed E-state index contributed by atoms with van der Waals surface area (Å²) >= 11 is 0. The number of nitriles is 1. The summed E-state index contributed by atoms with van der Waals surface area (Å²) in [6.45, 7) is 1.82. The SMILES string of the molecule is CC(Oc1ccc(C#N)cc1)c1cccc([N+](=O)[O-])c1. The topological polar surface area (TPSA) is 76.2 Å². The monoisotopic (exact) mass is 268 g/mol. The van der Waals surface area contributed by atoms with Gasteiger partial charge in [-0.05, 0) is 36.8 Å². The van der Waals surface area contributed by atoms with Gasteiger partial charge in [0.1, 0.15) is 11.9 Å². The molecule has 20 heavy (non-hydrogen) atoms. The predicted molar refractivity (Wildman–Crippen MR) is 73.3 cm³/mol. The number of nitro benzene ring substituents is 1. The fraction of sp³-hybridized carbons (Fsp3) is 0.133. The van der Waals surface area contributed by atoms with E-state index in [1.807, 2.05) is 13.0 Å². The Kier molecular flexibility index (Phi) is 3.96. The largest absolute Gasteiger partial charge is 0.486 e. The zero-order chi connectivity index (χ0) is 14.5. The first-order valence-corrected chi connectivity index (χ1v) is 6.01. The van der Waals surface area contributed by atoms with Crippen LogP contribution in [-0.2, 0) is 0 Å². The molecule has 0 aliphatic rings. The number of nitro groups is 1. The fourth-order valence-corrected chi connectivity index (χ4v) is 1.77. The number of hydrogen-bond donors (Lipinski definition) is 0. The molecule has 1 atom stereocenters. The van der Waals surface area contributed by atoms with Crippen molar-refractivity contribution in [2.75, 3.05) is 0 Å². The number of hydrogen-bond acceptors (Lipinski definition) is 4. The van der Waals surface area contributed by atoms with E-state index < -0.39 is 4.92 Å². The van der Waals surface area contributed by atoms with Crippen LogP contribution in [-0.4, -0.2) is 4.92 Å². The Labute approximate surface area is 116 Å². The van der Waals surface area contributed by atoms with Gasteiger partial charge in [0, 0.05) is 12.1 Å². The van der Waals surface area contributed by atoms with Crippen LogP contribution in [0.25, 0.3) is 0 Å². The Morgan fingerprint density at radius 2 is 1.95 bits per heavy atom. The molecule has 0 N–H and O–H groups in total. The van der Waals surface area contributed by atoms with Crippen LogP contribution in [0.1, 0.15) is 24.2 Å². The van der Waals surface area contributed by atoms with Crippen molar-refractivity contribution < 1.29 is 9.66 Å². The fourth-order valence-electron chi connectivity index (χ4n) is 1.77. The van der Waals surface area contributed by atoms with Gasteiger partial charge in [-0.15, -0.1) is 0 Å². The lowest BCUT2D eigenvalue weighted by molar-refractivity contribution is -0.385. The molecule has 0 spiro atoms. The van der Waals surface area contributed by atoms with E-state index in [4.69, 9.17) is 10.00 Å². The number of ether oxygens (including phenoxy) is 1. The Bertz CT molecular complexity index is 660. The van der Waals surface area contributed by atoms with Crippen LogP contribution in [0.3, 0.4) is 0 Å². The quantitative estimate of drug-likeness (QED) is 0.627. The summed E-state index contributed by atoms with van der Waals surface area (Å²) in [4.78, 5) is 10.3. The highest BCUT2D eigenvalue weighted by Crippen LogP contribution is 2.24. The number of rotatable bonds is 4. The van der Waals surface area contributed by atoms with Crippen LogP contribution in [0.2, 0.25) is 0 Å². The molecule has 1 unspecified atom stereocenters. The van der Waals surface area contributed by atoms with E-state index in [2.05, 4.69) is 0 Å². The Morgan fingerprint density at radius 3 is 2.55 bits per heavy atom. The van der Waals surface area contributed by atoms with E-state index in [0.717, 1.165) is 5.56 Å². The van der Waals surface area contributed by atoms with Crippen LogP contribution in [0.4, 0.5) is 5.69 Å². The predicted octanol–water partition coefficient (Wildman–Crippen LogP) is 3.61. The van der Waals surface area contributed by atoms with Gasteiger partial charge in [0.25, 0.3) is 5.69 Å². The van der Waals surface area contributed by atoms with Crippen LogP contribution in [0.5, 0.6) is 5.75 Å². The molecule has 5 heteroatoms. The van der Waals surface area contributed by atoms with E-state index >= 15 is 0 Å². The molecular formula is C15H12N2O3. The van der Waals surface area contributed by atoms with Crippen molar-refractivity contribution in [2.24, 2.45) is 0 Å². The maximum absolute atomic E-state index is 10.7. The minimum absolute atomic E-state index is 0.0396. The van der Waals surface area contributed by atoms with Gasteiger partial charge in [0.2, 0.25) is 0 Å². The molecule has 0 aliphatic carbocycles. The number of non-ortho nitro benzene ring substituents is 1. The molecule has 2 aromatic rings. The van der Waals surface area contributed by atoms with Gasteiger partial charge in [-0.25, -0.2) is 0 Å². The lowest BCUT2D eigenvalue weighted by atomic mass is 10.1. The zero-order valence-corrected chi connectivity index (χ0v) is 10.8. The average Bonchev–Trinajstić information content (AvgIpc) is 2.48. The minimum atomic E-state index is -0.433. The molecule has 5 nitrogen and oxygen atoms in total. The first kappa shape index (κ1) is 13.6. The lowest BCUT2D eigenvalue weighted by Crippen LogP contribution is -2.03. The summed E-state index contributed by atoms with van der Waals surface area (Å²) < 4.78 is 5.70. The molecule has 0 saturated heterocycles. The first-order chi connectivity index (χ1) is 9.60. The third kappa shape index (κ3) is 3.12. The highest BCUT2D eigenvalue weighted by molar-refractivity contribution is 5.37. The van der Waals surface area contributed by atoms with Crippen molar-refractivity contribution in [1.82, 2.24) is 0 Å². The molecule has 0 bridgehead atoms. The third-order valence-electron chi connectivity index (χ3n) is 2.85. The third-order valence-corrected chi connectivity index (χ3v) is 2.85. The second-order valence-corrected chi connectivity index (χ2v) is 4.25. The van der Waals surface area contributed by atoms with Crippen molar-refractivity contribution in [1.29, 1.82) is 5.26 Å². The van der Waals surface area contributed by atoms with E-state index in [1.165, 1.54) is 12.1 Å². The molecular weight excluding hydrogens is 256 g/mol. The van der Waals surface area contributed by atoms with Crippen LogP contribution in [0, 0.1) is 21.4 Å². The van der Waals surface area contributed by atoms with Crippen LogP contribution < -0.4 is 4.74 Å². The van der Waals surface area contributed by atoms with Gasteiger partial charge < -0.3 is 4.74 Å². The highest BCUT2D eigenvalue weighted by Gasteiger charge is 2.12. The Balaban J connectivity index is 2.15. The number of benzene rings is 2. The van der Waals surface area contributed by atoms with Crippen LogP contribution >= 0.6 is 0 Å². The lowest BCUT2D eigenvalue weighted by Gasteiger charge is -2.14. The minimum Gasteiger partial charge on any atom is -0.486 e. The zero-order valence-electron chi connectivity index (χ0n) is 10.8. The molecule has 2 rings (SSSR count). The van der Waals surface area contributed by atoms with Crippen molar-refractivity contribution >= 4 is 5.69 Å². The number of nitrogens with zero attached hydrogens (tertiary/aromatic N) is 2. The first-order valence-electron chi connectivity index (χ1n) is 6.01. The molecule has 0 aliphatic heterocycles. The van der Waals surface area contributed by atoms with Gasteiger partial charge in [0.05, 0.1) is 16.6 Å². The molecule has 2 aromatic carbocycles. The van der Waals surface area contributed by atoms with Gasteiger partial charge >= 0.3 is 0 Å². The summed E-state index contributed by atoms with van der Waals surface area (Å²) in [5, 5.41) is 19.5. The highest BCUT2D eigenvalue weighted by atomic mass is 16.6. The molecule has 100 valence electrons. The summed E-state index contributed by atoms with van der Waals surface area (Å²) in [5.74, 6) is 0.614. The van der Waals surface area contributed by atoms with Crippen molar-refractivity contribution in [3.63, 3.8) is 0 Å². The second-order valence-electron chi connectivity index (χ2n) is 4.25. The molecule has 0 amide bonds. The normalized spacial score (nSPS) is 11.4. The van der Waals surface area contributed by atoms with Crippen molar-refractivity contribution in [3.8, 4) is 11.8 Å².